The maximum absolute atomic E-state index is 12.5. The molecule has 1 saturated heterocycles. The topological polar surface area (TPSA) is 59.0 Å². The summed E-state index contributed by atoms with van der Waals surface area (Å²) < 4.78 is 1.79. The van der Waals surface area contributed by atoms with Gasteiger partial charge in [0.15, 0.2) is 0 Å². The summed E-state index contributed by atoms with van der Waals surface area (Å²) in [6, 6.07) is -0.00738. The highest BCUT2D eigenvalue weighted by Gasteiger charge is 2.39. The molecule has 1 aliphatic rings. The van der Waals surface area contributed by atoms with E-state index in [0.29, 0.717) is 0 Å². The van der Waals surface area contributed by atoms with Crippen LogP contribution in [0.2, 0.25) is 0 Å². The Morgan fingerprint density at radius 2 is 2.42 bits per heavy atom. The first-order chi connectivity index (χ1) is 8.98. The maximum Gasteiger partial charge on any atom is 0.240 e. The summed E-state index contributed by atoms with van der Waals surface area (Å²) in [7, 11) is 1.90. The molecule has 1 aromatic rings. The maximum atomic E-state index is 12.5. The van der Waals surface area contributed by atoms with Gasteiger partial charge < -0.3 is 10.6 Å². The molecule has 2 N–H and O–H groups in total. The Morgan fingerprint density at radius 3 is 2.89 bits per heavy atom. The van der Waals surface area contributed by atoms with Gasteiger partial charge in [-0.15, -0.1) is 0 Å². The summed E-state index contributed by atoms with van der Waals surface area (Å²) in [5, 5.41) is 10.8. The summed E-state index contributed by atoms with van der Waals surface area (Å²) >= 11 is 0. The van der Waals surface area contributed by atoms with Crippen LogP contribution in [0.15, 0.2) is 6.20 Å². The van der Waals surface area contributed by atoms with E-state index >= 15 is 0 Å². The van der Waals surface area contributed by atoms with Crippen molar-refractivity contribution in [2.24, 2.45) is 7.05 Å². The highest BCUT2D eigenvalue weighted by molar-refractivity contribution is 5.87. The first kappa shape index (κ1) is 14.1. The van der Waals surface area contributed by atoms with Crippen LogP contribution in [0, 0.1) is 6.92 Å². The third-order valence-corrected chi connectivity index (χ3v) is 4.15. The first-order valence-corrected chi connectivity index (χ1v) is 7.04. The molecule has 2 atom stereocenters. The van der Waals surface area contributed by atoms with Crippen LogP contribution in [-0.4, -0.2) is 27.8 Å². The fourth-order valence-electron chi connectivity index (χ4n) is 2.92. The van der Waals surface area contributed by atoms with Crippen molar-refractivity contribution in [1.82, 2.24) is 20.4 Å². The Bertz CT molecular complexity index is 460. The van der Waals surface area contributed by atoms with Crippen molar-refractivity contribution in [2.45, 2.75) is 51.6 Å². The number of aryl methyl sites for hydroxylation is 2. The van der Waals surface area contributed by atoms with Gasteiger partial charge in [-0.3, -0.25) is 9.48 Å². The van der Waals surface area contributed by atoms with Crippen molar-refractivity contribution in [1.29, 1.82) is 0 Å². The number of aromatic nitrogens is 2. The van der Waals surface area contributed by atoms with Crippen LogP contribution in [0.3, 0.4) is 0 Å². The molecule has 1 aliphatic heterocycles. The lowest BCUT2D eigenvalue weighted by Gasteiger charge is -2.28. The minimum absolute atomic E-state index is 0.00738. The molecule has 19 heavy (non-hydrogen) atoms. The lowest BCUT2D eigenvalue weighted by Crippen LogP contribution is -2.53. The number of hydrogen-bond donors (Lipinski definition) is 2. The fraction of sp³-hybridized carbons (Fsp3) is 0.714. The molecule has 0 unspecified atom stereocenters. The van der Waals surface area contributed by atoms with Crippen LogP contribution in [0.5, 0.6) is 0 Å². The van der Waals surface area contributed by atoms with Gasteiger partial charge in [0.2, 0.25) is 5.91 Å². The van der Waals surface area contributed by atoms with Crippen LogP contribution >= 0.6 is 0 Å². The molecule has 0 aromatic carbocycles. The van der Waals surface area contributed by atoms with Gasteiger partial charge in [-0.05, 0) is 39.7 Å². The Kier molecular flexibility index (Phi) is 3.94. The van der Waals surface area contributed by atoms with Gasteiger partial charge in [0.25, 0.3) is 0 Å². The molecule has 2 heterocycles. The molecule has 2 rings (SSSR count). The summed E-state index contributed by atoms with van der Waals surface area (Å²) in [6.45, 7) is 6.99. The monoisotopic (exact) mass is 264 g/mol. The molecule has 5 nitrogen and oxygen atoms in total. The highest BCUT2D eigenvalue weighted by atomic mass is 16.2. The van der Waals surface area contributed by atoms with E-state index in [4.69, 9.17) is 0 Å². The van der Waals surface area contributed by atoms with Crippen LogP contribution in [-0.2, 0) is 11.8 Å². The molecule has 0 aliphatic carbocycles. The van der Waals surface area contributed by atoms with E-state index in [-0.39, 0.29) is 17.5 Å². The molecule has 0 spiro atoms. The van der Waals surface area contributed by atoms with Gasteiger partial charge >= 0.3 is 0 Å². The molecular weight excluding hydrogens is 240 g/mol. The average Bonchev–Trinajstić information content (AvgIpc) is 2.96. The van der Waals surface area contributed by atoms with Gasteiger partial charge in [0.1, 0.15) is 0 Å². The lowest BCUT2D eigenvalue weighted by molar-refractivity contribution is -0.128. The van der Waals surface area contributed by atoms with E-state index < -0.39 is 0 Å². The number of rotatable bonds is 4. The summed E-state index contributed by atoms with van der Waals surface area (Å²) in [5.74, 6) is 0.114. The molecular formula is C14H24N4O. The second-order valence-electron chi connectivity index (χ2n) is 5.50. The van der Waals surface area contributed by atoms with E-state index in [9.17, 15) is 4.79 Å². The summed E-state index contributed by atoms with van der Waals surface area (Å²) in [5.41, 5.74) is 1.69. The molecule has 0 bridgehead atoms. The zero-order valence-corrected chi connectivity index (χ0v) is 12.3. The van der Waals surface area contributed by atoms with E-state index in [1.165, 1.54) is 0 Å². The molecule has 0 radical (unpaired) electrons. The first-order valence-electron chi connectivity index (χ1n) is 7.04. The predicted octanol–water partition coefficient (Wildman–Crippen LogP) is 1.44. The SMILES string of the molecule is CC[C@]1(C(=O)N[C@H](C)c2cn(C)nc2C)CCCN1. The van der Waals surface area contributed by atoms with Crippen LogP contribution in [0.25, 0.3) is 0 Å². The van der Waals surface area contributed by atoms with E-state index in [1.54, 1.807) is 4.68 Å². The Hall–Kier alpha value is -1.36. The van der Waals surface area contributed by atoms with Gasteiger partial charge in [0, 0.05) is 18.8 Å². The molecule has 0 saturated carbocycles. The summed E-state index contributed by atoms with van der Waals surface area (Å²) in [4.78, 5) is 12.5. The average molecular weight is 264 g/mol. The number of carbonyl (C=O) groups excluding carboxylic acids is 1. The number of amides is 1. The molecule has 1 fully saturated rings. The zero-order chi connectivity index (χ0) is 14.0. The number of carbonyl (C=O) groups is 1. The normalized spacial score (nSPS) is 24.4. The summed E-state index contributed by atoms with van der Waals surface area (Å²) in [6.07, 6.45) is 4.80. The second-order valence-corrected chi connectivity index (χ2v) is 5.50. The van der Waals surface area contributed by atoms with Gasteiger partial charge in [-0.1, -0.05) is 6.92 Å². The van der Waals surface area contributed by atoms with Crippen molar-refractivity contribution < 1.29 is 4.79 Å². The molecule has 1 amide bonds. The van der Waals surface area contributed by atoms with Crippen LogP contribution in [0.4, 0.5) is 0 Å². The highest BCUT2D eigenvalue weighted by Crippen LogP contribution is 2.25. The van der Waals surface area contributed by atoms with Gasteiger partial charge in [-0.25, -0.2) is 0 Å². The molecule has 5 heteroatoms. The second kappa shape index (κ2) is 5.33. The van der Waals surface area contributed by atoms with Crippen molar-refractivity contribution in [2.75, 3.05) is 6.54 Å². The lowest BCUT2D eigenvalue weighted by atomic mass is 9.92. The van der Waals surface area contributed by atoms with E-state index in [0.717, 1.165) is 37.1 Å². The van der Waals surface area contributed by atoms with Crippen molar-refractivity contribution in [3.63, 3.8) is 0 Å². The molecule has 106 valence electrons. The number of hydrogen-bond acceptors (Lipinski definition) is 3. The van der Waals surface area contributed by atoms with Gasteiger partial charge in [0.05, 0.1) is 17.3 Å². The minimum atomic E-state index is -0.371. The van der Waals surface area contributed by atoms with Crippen LogP contribution < -0.4 is 10.6 Å². The Morgan fingerprint density at radius 1 is 1.68 bits per heavy atom. The Balaban J connectivity index is 2.08. The predicted molar refractivity (Wildman–Crippen MR) is 74.8 cm³/mol. The van der Waals surface area contributed by atoms with Crippen molar-refractivity contribution in [3.05, 3.63) is 17.5 Å². The number of nitrogens with zero attached hydrogens (tertiary/aromatic N) is 2. The van der Waals surface area contributed by atoms with E-state index in [1.807, 2.05) is 27.1 Å². The standard InChI is InChI=1S/C14H24N4O/c1-5-14(7-6-8-15-14)13(19)16-10(2)12-9-18(4)17-11(12)3/h9-10,15H,5-8H2,1-4H3,(H,16,19)/t10-,14-/m1/s1. The minimum Gasteiger partial charge on any atom is -0.348 e. The third-order valence-electron chi connectivity index (χ3n) is 4.15. The fourth-order valence-corrected chi connectivity index (χ4v) is 2.92. The largest absolute Gasteiger partial charge is 0.348 e. The van der Waals surface area contributed by atoms with Gasteiger partial charge in [-0.2, -0.15) is 5.10 Å². The Labute approximate surface area is 114 Å². The quantitative estimate of drug-likeness (QED) is 0.865. The van der Waals surface area contributed by atoms with Crippen molar-refractivity contribution in [3.8, 4) is 0 Å². The smallest absolute Gasteiger partial charge is 0.240 e. The van der Waals surface area contributed by atoms with Crippen molar-refractivity contribution >= 4 is 5.91 Å². The third kappa shape index (κ3) is 2.66. The van der Waals surface area contributed by atoms with E-state index in [2.05, 4.69) is 22.7 Å². The zero-order valence-electron chi connectivity index (χ0n) is 12.3. The molecule has 1 aromatic heterocycles. The number of nitrogens with one attached hydrogen (secondary N) is 2. The van der Waals surface area contributed by atoms with Crippen LogP contribution in [0.1, 0.15) is 50.4 Å².